The van der Waals surface area contributed by atoms with Crippen LogP contribution in [-0.2, 0) is 4.74 Å². The van der Waals surface area contributed by atoms with Crippen LogP contribution < -0.4 is 10.5 Å². The normalized spacial score (nSPS) is 9.87. The van der Waals surface area contributed by atoms with E-state index < -0.39 is 5.97 Å². The van der Waals surface area contributed by atoms with E-state index in [0.29, 0.717) is 0 Å². The number of carbonyl (C=O) groups is 1. The highest BCUT2D eigenvalue weighted by Crippen LogP contribution is 2.38. The third-order valence-electron chi connectivity index (χ3n) is 1.80. The van der Waals surface area contributed by atoms with E-state index >= 15 is 0 Å². The lowest BCUT2D eigenvalue weighted by atomic mass is 10.1. The molecule has 0 aliphatic rings. The topological polar surface area (TPSA) is 61.5 Å². The summed E-state index contributed by atoms with van der Waals surface area (Å²) in [4.78, 5) is 11.3. The molecule has 1 aromatic rings. The summed E-state index contributed by atoms with van der Waals surface area (Å²) in [6, 6.07) is 1.39. The van der Waals surface area contributed by atoms with Gasteiger partial charge in [0.15, 0.2) is 5.75 Å². The van der Waals surface area contributed by atoms with Crippen molar-refractivity contribution in [1.82, 2.24) is 0 Å². The number of hydrogen-bond donors (Lipinski definition) is 1. The average Bonchev–Trinajstić information content (AvgIpc) is 2.17. The van der Waals surface area contributed by atoms with Crippen LogP contribution in [0, 0.1) is 0 Å². The Morgan fingerprint density at radius 1 is 1.40 bits per heavy atom. The molecular formula is C9H9Cl2NO3. The van der Waals surface area contributed by atoms with Crippen molar-refractivity contribution in [3.63, 3.8) is 0 Å². The van der Waals surface area contributed by atoms with Gasteiger partial charge in [0.1, 0.15) is 10.6 Å². The fourth-order valence-electron chi connectivity index (χ4n) is 1.12. The van der Waals surface area contributed by atoms with Gasteiger partial charge in [-0.3, -0.25) is 0 Å². The van der Waals surface area contributed by atoms with E-state index in [1.54, 1.807) is 0 Å². The first-order chi connectivity index (χ1) is 7.02. The maximum absolute atomic E-state index is 11.3. The van der Waals surface area contributed by atoms with Gasteiger partial charge in [-0.25, -0.2) is 4.79 Å². The molecule has 6 heteroatoms. The van der Waals surface area contributed by atoms with E-state index in [4.69, 9.17) is 33.7 Å². The number of nitrogens with two attached hydrogens (primary N) is 1. The summed E-state index contributed by atoms with van der Waals surface area (Å²) < 4.78 is 9.47. The van der Waals surface area contributed by atoms with Gasteiger partial charge in [0.05, 0.1) is 19.2 Å². The highest BCUT2D eigenvalue weighted by atomic mass is 35.5. The van der Waals surface area contributed by atoms with Gasteiger partial charge in [-0.05, 0) is 6.07 Å². The van der Waals surface area contributed by atoms with Crippen molar-refractivity contribution in [3.05, 3.63) is 21.7 Å². The molecule has 15 heavy (non-hydrogen) atoms. The van der Waals surface area contributed by atoms with Crippen molar-refractivity contribution >= 4 is 34.9 Å². The minimum atomic E-state index is -0.632. The number of ether oxygens (including phenoxy) is 2. The van der Waals surface area contributed by atoms with Gasteiger partial charge in [-0.2, -0.15) is 0 Å². The molecule has 82 valence electrons. The average molecular weight is 250 g/mol. The summed E-state index contributed by atoms with van der Waals surface area (Å²) in [5.41, 5.74) is 5.80. The maximum atomic E-state index is 11.3. The standard InChI is InChI=1S/C9H9Cl2NO3/c1-14-8-4(10)3-5(12)6(7(8)11)9(13)15-2/h3H,12H2,1-2H3. The molecule has 1 aromatic carbocycles. The van der Waals surface area contributed by atoms with E-state index in [-0.39, 0.29) is 27.0 Å². The molecule has 2 N–H and O–H groups in total. The third-order valence-corrected chi connectivity index (χ3v) is 2.44. The number of methoxy groups -OCH3 is 2. The monoisotopic (exact) mass is 249 g/mol. The Hall–Kier alpha value is -1.13. The van der Waals surface area contributed by atoms with Crippen LogP contribution in [0.4, 0.5) is 5.69 Å². The van der Waals surface area contributed by atoms with Gasteiger partial charge in [0.25, 0.3) is 0 Å². The number of carbonyl (C=O) groups excluding carboxylic acids is 1. The molecule has 0 amide bonds. The summed E-state index contributed by atoms with van der Waals surface area (Å²) in [6.07, 6.45) is 0. The summed E-state index contributed by atoms with van der Waals surface area (Å²) in [7, 11) is 2.63. The second-order valence-corrected chi connectivity index (χ2v) is 3.45. The van der Waals surface area contributed by atoms with Crippen LogP contribution in [0.1, 0.15) is 10.4 Å². The first kappa shape index (κ1) is 11.9. The summed E-state index contributed by atoms with van der Waals surface area (Å²) in [5.74, 6) is -0.430. The van der Waals surface area contributed by atoms with Crippen molar-refractivity contribution in [3.8, 4) is 5.75 Å². The predicted octanol–water partition coefficient (Wildman–Crippen LogP) is 2.37. The van der Waals surface area contributed by atoms with Crippen LogP contribution >= 0.6 is 23.2 Å². The Bertz CT molecular complexity index is 407. The lowest BCUT2D eigenvalue weighted by molar-refractivity contribution is 0.0602. The Balaban J connectivity index is 3.45. The quantitative estimate of drug-likeness (QED) is 0.646. The second-order valence-electron chi connectivity index (χ2n) is 2.66. The van der Waals surface area contributed by atoms with Gasteiger partial charge in [0.2, 0.25) is 0 Å². The number of esters is 1. The van der Waals surface area contributed by atoms with Crippen LogP contribution in [0.25, 0.3) is 0 Å². The Morgan fingerprint density at radius 3 is 2.47 bits per heavy atom. The zero-order valence-electron chi connectivity index (χ0n) is 8.14. The Labute approximate surface area is 96.9 Å². The van der Waals surface area contributed by atoms with Gasteiger partial charge in [0, 0.05) is 5.69 Å². The van der Waals surface area contributed by atoms with E-state index in [2.05, 4.69) is 4.74 Å². The van der Waals surface area contributed by atoms with Crippen LogP contribution in [0.3, 0.4) is 0 Å². The summed E-state index contributed by atoms with van der Waals surface area (Å²) >= 11 is 11.7. The minimum Gasteiger partial charge on any atom is -0.494 e. The Morgan fingerprint density at radius 2 is 2.00 bits per heavy atom. The van der Waals surface area contributed by atoms with Gasteiger partial charge >= 0.3 is 5.97 Å². The highest BCUT2D eigenvalue weighted by Gasteiger charge is 2.21. The molecule has 0 bridgehead atoms. The molecule has 0 atom stereocenters. The molecule has 0 saturated heterocycles. The number of anilines is 1. The lowest BCUT2D eigenvalue weighted by Gasteiger charge is -2.11. The van der Waals surface area contributed by atoms with E-state index in [1.807, 2.05) is 0 Å². The number of rotatable bonds is 2. The van der Waals surface area contributed by atoms with E-state index in [0.717, 1.165) is 0 Å². The molecule has 0 saturated carbocycles. The Kier molecular flexibility index (Phi) is 3.66. The zero-order valence-corrected chi connectivity index (χ0v) is 9.65. The largest absolute Gasteiger partial charge is 0.494 e. The van der Waals surface area contributed by atoms with E-state index in [1.165, 1.54) is 20.3 Å². The third kappa shape index (κ3) is 2.11. The highest BCUT2D eigenvalue weighted by molar-refractivity contribution is 6.40. The molecule has 0 aliphatic carbocycles. The first-order valence-electron chi connectivity index (χ1n) is 3.92. The number of benzene rings is 1. The smallest absolute Gasteiger partial charge is 0.341 e. The van der Waals surface area contributed by atoms with Crippen molar-refractivity contribution in [2.75, 3.05) is 20.0 Å². The zero-order chi connectivity index (χ0) is 11.6. The molecular weight excluding hydrogens is 241 g/mol. The molecule has 0 heterocycles. The number of hydrogen-bond acceptors (Lipinski definition) is 4. The summed E-state index contributed by atoms with van der Waals surface area (Å²) in [5, 5.41) is 0.294. The first-order valence-corrected chi connectivity index (χ1v) is 4.68. The fraction of sp³-hybridized carbons (Fsp3) is 0.222. The van der Waals surface area contributed by atoms with Crippen molar-refractivity contribution in [2.45, 2.75) is 0 Å². The van der Waals surface area contributed by atoms with Crippen LogP contribution in [0.5, 0.6) is 5.75 Å². The maximum Gasteiger partial charge on any atom is 0.341 e. The summed E-state index contributed by atoms with van der Waals surface area (Å²) in [6.45, 7) is 0. The lowest BCUT2D eigenvalue weighted by Crippen LogP contribution is -2.07. The predicted molar refractivity (Wildman–Crippen MR) is 58.8 cm³/mol. The fourth-order valence-corrected chi connectivity index (χ4v) is 1.82. The molecule has 0 unspecified atom stereocenters. The van der Waals surface area contributed by atoms with Crippen LogP contribution in [-0.4, -0.2) is 20.2 Å². The number of nitrogen functional groups attached to an aromatic ring is 1. The number of halogens is 2. The minimum absolute atomic E-state index is 0.0503. The van der Waals surface area contributed by atoms with Gasteiger partial charge in [-0.15, -0.1) is 0 Å². The molecule has 0 fully saturated rings. The van der Waals surface area contributed by atoms with Crippen LogP contribution in [0.2, 0.25) is 10.0 Å². The van der Waals surface area contributed by atoms with Crippen molar-refractivity contribution in [2.24, 2.45) is 0 Å². The van der Waals surface area contributed by atoms with Crippen LogP contribution in [0.15, 0.2) is 6.07 Å². The van der Waals surface area contributed by atoms with Gasteiger partial charge in [-0.1, -0.05) is 23.2 Å². The molecule has 0 spiro atoms. The molecule has 0 aliphatic heterocycles. The second kappa shape index (κ2) is 4.59. The molecule has 0 aromatic heterocycles. The SMILES string of the molecule is COC(=O)c1c(N)cc(Cl)c(OC)c1Cl. The molecule has 1 rings (SSSR count). The molecule has 4 nitrogen and oxygen atoms in total. The van der Waals surface area contributed by atoms with E-state index in [9.17, 15) is 4.79 Å². The van der Waals surface area contributed by atoms with Crippen molar-refractivity contribution in [1.29, 1.82) is 0 Å². The van der Waals surface area contributed by atoms with Crippen molar-refractivity contribution < 1.29 is 14.3 Å². The molecule has 0 radical (unpaired) electrons. The van der Waals surface area contributed by atoms with Gasteiger partial charge < -0.3 is 15.2 Å².